The van der Waals surface area contributed by atoms with Crippen molar-refractivity contribution in [2.45, 2.75) is 30.7 Å². The van der Waals surface area contributed by atoms with E-state index in [1.165, 1.54) is 36.4 Å². The quantitative estimate of drug-likeness (QED) is 0.233. The Kier molecular flexibility index (Phi) is 9.85. The van der Waals surface area contributed by atoms with Crippen molar-refractivity contribution in [1.82, 2.24) is 0 Å². The fourth-order valence-electron chi connectivity index (χ4n) is 3.88. The van der Waals surface area contributed by atoms with Crippen LogP contribution in [0, 0.1) is 0 Å². The molecule has 1 heterocycles. The molecule has 0 unspecified atom stereocenters. The summed E-state index contributed by atoms with van der Waals surface area (Å²) in [5, 5.41) is 11.2. The van der Waals surface area contributed by atoms with Crippen molar-refractivity contribution in [3.8, 4) is 0 Å². The zero-order chi connectivity index (χ0) is 28.5. The predicted molar refractivity (Wildman–Crippen MR) is 139 cm³/mol. The van der Waals surface area contributed by atoms with Gasteiger partial charge >= 0.3 is 23.9 Å². The Morgan fingerprint density at radius 2 is 1.10 bits per heavy atom. The predicted octanol–water partition coefficient (Wildman–Crippen LogP) is 3.16. The van der Waals surface area contributed by atoms with E-state index in [1.807, 2.05) is 0 Å². The smallest absolute Gasteiger partial charge is 0.340 e. The van der Waals surface area contributed by atoms with Gasteiger partial charge in [0.15, 0.2) is 6.10 Å². The maximum Gasteiger partial charge on any atom is 0.340 e. The van der Waals surface area contributed by atoms with Gasteiger partial charge in [-0.05, 0) is 36.4 Å². The van der Waals surface area contributed by atoms with E-state index in [-0.39, 0.29) is 16.7 Å². The van der Waals surface area contributed by atoms with Gasteiger partial charge in [-0.25, -0.2) is 14.4 Å². The van der Waals surface area contributed by atoms with Crippen LogP contribution >= 0.6 is 11.6 Å². The van der Waals surface area contributed by atoms with E-state index in [0.717, 1.165) is 0 Å². The molecule has 208 valence electrons. The third-order valence-corrected chi connectivity index (χ3v) is 6.09. The van der Waals surface area contributed by atoms with Crippen molar-refractivity contribution >= 4 is 35.5 Å². The van der Waals surface area contributed by atoms with Gasteiger partial charge in [0.1, 0.15) is 24.7 Å². The van der Waals surface area contributed by atoms with E-state index in [2.05, 4.69) is 0 Å². The van der Waals surface area contributed by atoms with Crippen molar-refractivity contribution in [2.75, 3.05) is 12.5 Å². The summed E-state index contributed by atoms with van der Waals surface area (Å²) in [6, 6.07) is 23.8. The summed E-state index contributed by atoms with van der Waals surface area (Å²) < 4.78 is 27.6. The van der Waals surface area contributed by atoms with Gasteiger partial charge in [0.2, 0.25) is 12.4 Å². The van der Waals surface area contributed by atoms with E-state index in [4.69, 9.17) is 35.3 Å². The lowest BCUT2D eigenvalue weighted by atomic mass is 9.98. The molecular weight excluding hydrogens is 544 g/mol. The molecule has 4 rings (SSSR count). The second-order valence-corrected chi connectivity index (χ2v) is 8.86. The summed E-state index contributed by atoms with van der Waals surface area (Å²) in [6.07, 6.45) is -7.89. The number of esters is 4. The lowest BCUT2D eigenvalue weighted by molar-refractivity contribution is -0.284. The number of carbonyl (C=O) groups excluding carboxylic acids is 4. The second-order valence-electron chi connectivity index (χ2n) is 8.59. The number of carbonyl (C=O) groups is 4. The molecule has 0 bridgehead atoms. The lowest BCUT2D eigenvalue weighted by Crippen LogP contribution is -2.62. The highest BCUT2D eigenvalue weighted by atomic mass is 35.5. The van der Waals surface area contributed by atoms with Crippen molar-refractivity contribution in [3.63, 3.8) is 0 Å². The van der Waals surface area contributed by atoms with Crippen molar-refractivity contribution in [2.24, 2.45) is 0 Å². The third kappa shape index (κ3) is 7.23. The first-order valence-electron chi connectivity index (χ1n) is 12.2. The summed E-state index contributed by atoms with van der Waals surface area (Å²) in [5.41, 5.74) is 0.460. The minimum atomic E-state index is -1.67. The molecular formula is C29H25ClO10. The minimum Gasteiger partial charge on any atom is -0.462 e. The maximum absolute atomic E-state index is 13.0. The number of benzene rings is 3. The van der Waals surface area contributed by atoms with Crippen LogP contribution in [0.25, 0.3) is 0 Å². The van der Waals surface area contributed by atoms with Crippen LogP contribution in [-0.2, 0) is 28.5 Å². The Hall–Kier alpha value is -4.25. The van der Waals surface area contributed by atoms with Gasteiger partial charge in [-0.2, -0.15) is 0 Å². The fraction of sp³-hybridized carbons (Fsp3) is 0.241. The number of rotatable bonds is 9. The molecule has 10 nitrogen and oxygen atoms in total. The number of alkyl halides is 1. The molecule has 0 aromatic heterocycles. The second kappa shape index (κ2) is 13.7. The van der Waals surface area contributed by atoms with Gasteiger partial charge in [0.25, 0.3) is 0 Å². The van der Waals surface area contributed by atoms with Gasteiger partial charge in [-0.3, -0.25) is 4.79 Å². The first-order chi connectivity index (χ1) is 19.4. The van der Waals surface area contributed by atoms with E-state index in [0.29, 0.717) is 0 Å². The van der Waals surface area contributed by atoms with Crippen LogP contribution in [0.3, 0.4) is 0 Å². The average molecular weight is 569 g/mol. The molecule has 0 spiro atoms. The molecule has 0 saturated carbocycles. The van der Waals surface area contributed by atoms with Crippen molar-refractivity contribution in [1.29, 1.82) is 0 Å². The summed E-state index contributed by atoms with van der Waals surface area (Å²) in [6.45, 7) is -0.523. The first-order valence-corrected chi connectivity index (χ1v) is 12.7. The Morgan fingerprint density at radius 3 is 1.55 bits per heavy atom. The van der Waals surface area contributed by atoms with E-state index in [1.54, 1.807) is 54.6 Å². The molecule has 1 saturated heterocycles. The Morgan fingerprint density at radius 1 is 0.675 bits per heavy atom. The normalized spacial score (nSPS) is 22.0. The Bertz CT molecular complexity index is 1300. The number of aliphatic hydroxyl groups excluding tert-OH is 1. The largest absolute Gasteiger partial charge is 0.462 e. The summed E-state index contributed by atoms with van der Waals surface area (Å²) in [4.78, 5) is 50.7. The molecule has 1 N–H and O–H groups in total. The molecule has 11 heteroatoms. The molecule has 0 aliphatic carbocycles. The summed E-state index contributed by atoms with van der Waals surface area (Å²) >= 11 is 5.50. The molecule has 1 aliphatic heterocycles. The molecule has 3 aromatic rings. The molecule has 5 atom stereocenters. The Balaban J connectivity index is 1.67. The zero-order valence-corrected chi connectivity index (χ0v) is 21.7. The topological polar surface area (TPSA) is 135 Å². The highest BCUT2D eigenvalue weighted by Gasteiger charge is 2.52. The van der Waals surface area contributed by atoms with Crippen LogP contribution < -0.4 is 0 Å². The van der Waals surface area contributed by atoms with E-state index >= 15 is 0 Å². The number of aliphatic hydroxyl groups is 1. The first kappa shape index (κ1) is 28.8. The van der Waals surface area contributed by atoms with Gasteiger partial charge in [-0.1, -0.05) is 54.6 Å². The van der Waals surface area contributed by atoms with Crippen LogP contribution in [0.1, 0.15) is 31.1 Å². The van der Waals surface area contributed by atoms with Crippen LogP contribution in [0.5, 0.6) is 0 Å². The minimum absolute atomic E-state index is 0.149. The van der Waals surface area contributed by atoms with E-state index in [9.17, 15) is 24.3 Å². The third-order valence-electron chi connectivity index (χ3n) is 5.87. The SMILES string of the molecule is O=C(CCl)OC[C@H]1O[C@@H](OC(=O)c2ccccc2)[C@H](OC(=O)c2ccccc2)[C@@H](OC(=O)c2ccccc2)[C@@H]1O. The number of ether oxygens (including phenoxy) is 5. The Labute approximate surface area is 234 Å². The average Bonchev–Trinajstić information content (AvgIpc) is 3.00. The molecule has 0 radical (unpaired) electrons. The van der Waals surface area contributed by atoms with Crippen LogP contribution in [-0.4, -0.2) is 72.2 Å². The molecule has 1 aliphatic rings. The monoisotopic (exact) mass is 568 g/mol. The highest BCUT2D eigenvalue weighted by molar-refractivity contribution is 6.26. The molecule has 40 heavy (non-hydrogen) atoms. The zero-order valence-electron chi connectivity index (χ0n) is 21.0. The fourth-order valence-corrected chi connectivity index (χ4v) is 3.95. The highest BCUT2D eigenvalue weighted by Crippen LogP contribution is 2.29. The summed E-state index contributed by atoms with van der Waals surface area (Å²) in [5.74, 6) is -3.80. The molecule has 1 fully saturated rings. The van der Waals surface area contributed by atoms with Crippen LogP contribution in [0.2, 0.25) is 0 Å². The maximum atomic E-state index is 13.0. The summed E-state index contributed by atoms with van der Waals surface area (Å²) in [7, 11) is 0. The van der Waals surface area contributed by atoms with Crippen molar-refractivity contribution < 1.29 is 48.0 Å². The number of hydrogen-bond donors (Lipinski definition) is 1. The van der Waals surface area contributed by atoms with Gasteiger partial charge in [0, 0.05) is 0 Å². The molecule has 3 aromatic carbocycles. The van der Waals surface area contributed by atoms with E-state index < -0.39 is 67.1 Å². The van der Waals surface area contributed by atoms with Crippen LogP contribution in [0.15, 0.2) is 91.0 Å². The number of hydrogen-bond acceptors (Lipinski definition) is 10. The number of halogens is 1. The standard InChI is InChI=1S/C29H25ClO10/c30-16-22(31)36-17-21-23(32)24(38-26(33)18-10-4-1-5-11-18)25(39-27(34)19-12-6-2-7-13-19)29(37-21)40-28(35)20-14-8-3-9-15-20/h1-15,21,23-25,29,32H,16-17H2/t21-,23-,24+,25-,29+/m1/s1. The van der Waals surface area contributed by atoms with Crippen LogP contribution in [0.4, 0.5) is 0 Å². The molecule has 0 amide bonds. The van der Waals surface area contributed by atoms with Gasteiger partial charge in [0.05, 0.1) is 16.7 Å². The van der Waals surface area contributed by atoms with Gasteiger partial charge < -0.3 is 28.8 Å². The lowest BCUT2D eigenvalue weighted by Gasteiger charge is -2.42. The van der Waals surface area contributed by atoms with Crippen molar-refractivity contribution in [3.05, 3.63) is 108 Å². The van der Waals surface area contributed by atoms with Gasteiger partial charge in [-0.15, -0.1) is 11.6 Å².